The molecule has 5 heteroatoms. The first kappa shape index (κ1) is 19.4. The maximum atomic E-state index is 6.50. The first-order valence-electron chi connectivity index (χ1n) is 8.89. The Morgan fingerprint density at radius 3 is 1.90 bits per heavy atom. The van der Waals surface area contributed by atoms with Crippen LogP contribution >= 0.6 is 0 Å². The van der Waals surface area contributed by atoms with E-state index in [4.69, 9.17) is 15.9 Å². The van der Waals surface area contributed by atoms with Crippen molar-refractivity contribution in [1.82, 2.24) is 0 Å². The largest absolute Gasteiger partial charge is 0.414 e. The quantitative estimate of drug-likeness (QED) is 0.630. The molecule has 0 heterocycles. The van der Waals surface area contributed by atoms with Gasteiger partial charge in [-0.15, -0.1) is 0 Å². The van der Waals surface area contributed by atoms with Crippen molar-refractivity contribution in [1.29, 1.82) is 0 Å². The van der Waals surface area contributed by atoms with E-state index in [-0.39, 0.29) is 0 Å². The molecule has 0 aliphatic heterocycles. The average molecular weight is 331 g/mol. The van der Waals surface area contributed by atoms with E-state index in [9.17, 15) is 0 Å². The van der Waals surface area contributed by atoms with Crippen molar-refractivity contribution in [3.63, 3.8) is 0 Å². The summed E-state index contributed by atoms with van der Waals surface area (Å²) in [6.45, 7) is 11.5. The molecule has 0 aromatic carbocycles. The Morgan fingerprint density at radius 2 is 1.38 bits per heavy atom. The maximum Gasteiger partial charge on any atom is 0.187 e. The van der Waals surface area contributed by atoms with Crippen molar-refractivity contribution in [3.05, 3.63) is 0 Å². The van der Waals surface area contributed by atoms with Crippen molar-refractivity contribution in [2.24, 2.45) is 11.5 Å². The van der Waals surface area contributed by atoms with Gasteiger partial charge in [-0.3, -0.25) is 0 Å². The highest BCUT2D eigenvalue weighted by molar-refractivity contribution is 6.78. The molecule has 1 saturated carbocycles. The van der Waals surface area contributed by atoms with Gasteiger partial charge in [0.1, 0.15) is 0 Å². The highest BCUT2D eigenvalue weighted by Gasteiger charge is 2.36. The summed E-state index contributed by atoms with van der Waals surface area (Å²) >= 11 is 0. The van der Waals surface area contributed by atoms with Crippen LogP contribution in [0.5, 0.6) is 0 Å². The van der Waals surface area contributed by atoms with Crippen LogP contribution in [0.3, 0.4) is 0 Å². The van der Waals surface area contributed by atoms with E-state index in [0.717, 1.165) is 25.1 Å². The second-order valence-corrected chi connectivity index (χ2v) is 17.7. The van der Waals surface area contributed by atoms with E-state index in [2.05, 4.69) is 26.2 Å². The monoisotopic (exact) mass is 330 g/mol. The molecule has 1 rings (SSSR count). The SMILES string of the molecule is C[Si](C)(CCCN)OC1CCC([Si](C)(C)CCCN)CC1. The molecule has 1 fully saturated rings. The second kappa shape index (κ2) is 8.82. The number of rotatable bonds is 9. The molecule has 3 nitrogen and oxygen atoms in total. The van der Waals surface area contributed by atoms with Crippen LogP contribution < -0.4 is 11.5 Å². The molecular weight excluding hydrogens is 292 g/mol. The van der Waals surface area contributed by atoms with Gasteiger partial charge in [-0.05, 0) is 63.5 Å². The normalized spacial score (nSPS) is 24.3. The van der Waals surface area contributed by atoms with Gasteiger partial charge in [-0.1, -0.05) is 32.0 Å². The molecule has 126 valence electrons. The third kappa shape index (κ3) is 6.95. The smallest absolute Gasteiger partial charge is 0.187 e. The molecule has 0 aromatic heterocycles. The Hall–Kier alpha value is 0.314. The lowest BCUT2D eigenvalue weighted by atomic mass is 9.97. The zero-order valence-corrected chi connectivity index (χ0v) is 16.8. The average Bonchev–Trinajstić information content (AvgIpc) is 2.43. The Labute approximate surface area is 134 Å². The van der Waals surface area contributed by atoms with Gasteiger partial charge in [-0.2, -0.15) is 0 Å². The lowest BCUT2D eigenvalue weighted by Crippen LogP contribution is -2.40. The molecule has 0 aromatic rings. The summed E-state index contributed by atoms with van der Waals surface area (Å²) in [6, 6.07) is 2.61. The summed E-state index contributed by atoms with van der Waals surface area (Å²) in [6.07, 6.45) is 8.19. The van der Waals surface area contributed by atoms with Gasteiger partial charge in [0.25, 0.3) is 0 Å². The van der Waals surface area contributed by atoms with Crippen LogP contribution in [0.2, 0.25) is 43.8 Å². The molecular formula is C16H38N2OSi2. The molecule has 0 saturated heterocycles. The molecule has 1 aliphatic rings. The first-order valence-corrected chi connectivity index (χ1v) is 15.3. The van der Waals surface area contributed by atoms with Gasteiger partial charge in [0.15, 0.2) is 8.32 Å². The van der Waals surface area contributed by atoms with Crippen molar-refractivity contribution in [2.45, 2.75) is 88.4 Å². The topological polar surface area (TPSA) is 61.3 Å². The summed E-state index contributed by atoms with van der Waals surface area (Å²) in [7, 11) is -2.56. The van der Waals surface area contributed by atoms with Gasteiger partial charge in [0, 0.05) is 6.10 Å². The Kier molecular flexibility index (Phi) is 8.13. The fraction of sp³-hybridized carbons (Fsp3) is 1.00. The molecule has 0 bridgehead atoms. The standard InChI is InChI=1S/C16H38N2OSi2/c1-20(2,13-5-11-17)16-9-7-15(8-10-16)19-21(3,4)14-6-12-18/h15-16H,5-14,17-18H2,1-4H3. The van der Waals surface area contributed by atoms with Crippen molar-refractivity contribution >= 4 is 16.4 Å². The predicted octanol–water partition coefficient (Wildman–Crippen LogP) is 3.93. The van der Waals surface area contributed by atoms with Gasteiger partial charge < -0.3 is 15.9 Å². The van der Waals surface area contributed by atoms with E-state index in [1.807, 2.05) is 0 Å². The lowest BCUT2D eigenvalue weighted by molar-refractivity contribution is 0.144. The Morgan fingerprint density at radius 1 is 0.857 bits per heavy atom. The molecule has 1 aliphatic carbocycles. The molecule has 0 radical (unpaired) electrons. The summed E-state index contributed by atoms with van der Waals surface area (Å²) in [4.78, 5) is 0. The second-order valence-electron chi connectivity index (χ2n) is 8.12. The van der Waals surface area contributed by atoms with E-state index in [1.165, 1.54) is 44.2 Å². The van der Waals surface area contributed by atoms with Gasteiger partial charge in [0.05, 0.1) is 8.07 Å². The number of hydrogen-bond donors (Lipinski definition) is 2. The van der Waals surface area contributed by atoms with Crippen LogP contribution in [0.15, 0.2) is 0 Å². The summed E-state index contributed by atoms with van der Waals surface area (Å²) < 4.78 is 6.50. The fourth-order valence-electron chi connectivity index (χ4n) is 3.76. The van der Waals surface area contributed by atoms with Crippen LogP contribution in [0, 0.1) is 0 Å². The van der Waals surface area contributed by atoms with E-state index in [1.54, 1.807) is 0 Å². The van der Waals surface area contributed by atoms with Crippen LogP contribution in [0.4, 0.5) is 0 Å². The van der Waals surface area contributed by atoms with Crippen LogP contribution in [-0.2, 0) is 4.43 Å². The molecule has 0 atom stereocenters. The summed E-state index contributed by atoms with van der Waals surface area (Å²) in [5, 5.41) is 0. The van der Waals surface area contributed by atoms with Gasteiger partial charge in [0.2, 0.25) is 0 Å². The minimum atomic E-state index is -1.49. The lowest BCUT2D eigenvalue weighted by Gasteiger charge is -2.40. The zero-order chi connectivity index (χ0) is 15.9. The summed E-state index contributed by atoms with van der Waals surface area (Å²) in [5.41, 5.74) is 12.3. The van der Waals surface area contributed by atoms with Gasteiger partial charge >= 0.3 is 0 Å². The predicted molar refractivity (Wildman–Crippen MR) is 99.0 cm³/mol. The van der Waals surface area contributed by atoms with E-state index >= 15 is 0 Å². The van der Waals surface area contributed by atoms with Crippen LogP contribution in [0.25, 0.3) is 0 Å². The highest BCUT2D eigenvalue weighted by Crippen LogP contribution is 2.41. The Bertz CT molecular complexity index is 290. The van der Waals surface area contributed by atoms with Gasteiger partial charge in [-0.25, -0.2) is 0 Å². The molecule has 21 heavy (non-hydrogen) atoms. The Balaban J connectivity index is 2.38. The minimum absolute atomic E-state index is 0.528. The number of hydrogen-bond acceptors (Lipinski definition) is 3. The molecule has 0 amide bonds. The molecule has 0 unspecified atom stereocenters. The fourth-order valence-corrected chi connectivity index (χ4v) is 9.49. The van der Waals surface area contributed by atoms with Crippen LogP contribution in [0.1, 0.15) is 38.5 Å². The van der Waals surface area contributed by atoms with E-state index in [0.29, 0.717) is 6.10 Å². The maximum absolute atomic E-state index is 6.50. The van der Waals surface area contributed by atoms with Crippen molar-refractivity contribution < 1.29 is 4.43 Å². The number of nitrogens with two attached hydrogens (primary N) is 2. The molecule has 0 spiro atoms. The van der Waals surface area contributed by atoms with Crippen molar-refractivity contribution in [2.75, 3.05) is 13.1 Å². The minimum Gasteiger partial charge on any atom is -0.414 e. The summed E-state index contributed by atoms with van der Waals surface area (Å²) in [5.74, 6) is 0. The third-order valence-corrected chi connectivity index (χ3v) is 12.2. The van der Waals surface area contributed by atoms with Crippen LogP contribution in [-0.4, -0.2) is 35.6 Å². The first-order chi connectivity index (χ1) is 9.80. The van der Waals surface area contributed by atoms with Crippen molar-refractivity contribution in [3.8, 4) is 0 Å². The van der Waals surface area contributed by atoms with E-state index < -0.39 is 16.4 Å². The highest BCUT2D eigenvalue weighted by atomic mass is 28.4. The molecule has 4 N–H and O–H groups in total. The zero-order valence-electron chi connectivity index (χ0n) is 14.8. The third-order valence-electron chi connectivity index (χ3n) is 5.27.